The molecule has 1 aromatic carbocycles. The highest BCUT2D eigenvalue weighted by molar-refractivity contribution is 5.78. The van der Waals surface area contributed by atoms with Crippen LogP contribution in [0.1, 0.15) is 24.1 Å². The van der Waals surface area contributed by atoms with Crippen LogP contribution in [0.5, 0.6) is 5.75 Å². The molecule has 0 saturated heterocycles. The molecule has 0 bridgehead atoms. The minimum absolute atomic E-state index is 0.00820. The predicted molar refractivity (Wildman–Crippen MR) is 80.7 cm³/mol. The van der Waals surface area contributed by atoms with Crippen LogP contribution in [-0.4, -0.2) is 23.0 Å². The standard InChI is InChI=1S/C17H20N2O2/c1-13-7-4-5-8-15(13)11-18(3)17(21)14(2)19-10-6-9-16(20)12-19/h4-10,12,14H,11H2,1-3H3/p+1/t14-/m1/s1. The first-order valence-corrected chi connectivity index (χ1v) is 6.98. The topological polar surface area (TPSA) is 44.4 Å². The Hall–Kier alpha value is -2.36. The number of likely N-dealkylation sites (N-methyl/N-ethyl adjacent to an activating group) is 1. The second kappa shape index (κ2) is 6.39. The minimum Gasteiger partial charge on any atom is -0.503 e. The quantitative estimate of drug-likeness (QED) is 0.875. The normalized spacial score (nSPS) is 12.0. The Balaban J connectivity index is 2.10. The van der Waals surface area contributed by atoms with E-state index in [0.717, 1.165) is 5.56 Å². The van der Waals surface area contributed by atoms with E-state index in [9.17, 15) is 9.90 Å². The molecule has 2 rings (SSSR count). The van der Waals surface area contributed by atoms with Gasteiger partial charge in [-0.1, -0.05) is 24.3 Å². The van der Waals surface area contributed by atoms with Crippen LogP contribution in [0.25, 0.3) is 0 Å². The van der Waals surface area contributed by atoms with Gasteiger partial charge in [0.05, 0.1) is 0 Å². The summed E-state index contributed by atoms with van der Waals surface area (Å²) in [6.45, 7) is 4.45. The highest BCUT2D eigenvalue weighted by atomic mass is 16.3. The SMILES string of the molecule is Cc1ccccc1CN(C)C(=O)[C@@H](C)[n+]1cccc(O)c1. The Morgan fingerprint density at radius 1 is 1.29 bits per heavy atom. The number of aromatic hydroxyl groups is 1. The van der Waals surface area contributed by atoms with Crippen molar-refractivity contribution >= 4 is 5.91 Å². The first-order valence-electron chi connectivity index (χ1n) is 6.98. The highest BCUT2D eigenvalue weighted by Gasteiger charge is 2.25. The molecular weight excluding hydrogens is 264 g/mol. The molecule has 4 heteroatoms. The van der Waals surface area contributed by atoms with E-state index in [1.54, 1.807) is 41.0 Å². The number of hydrogen-bond donors (Lipinski definition) is 1. The summed E-state index contributed by atoms with van der Waals surface area (Å²) in [5.41, 5.74) is 2.32. The summed E-state index contributed by atoms with van der Waals surface area (Å²) in [7, 11) is 1.80. The first-order chi connectivity index (χ1) is 9.99. The van der Waals surface area contributed by atoms with Gasteiger partial charge in [0.25, 0.3) is 5.91 Å². The van der Waals surface area contributed by atoms with Crippen LogP contribution >= 0.6 is 0 Å². The van der Waals surface area contributed by atoms with Crippen LogP contribution in [0.3, 0.4) is 0 Å². The first kappa shape index (κ1) is 15.0. The molecule has 21 heavy (non-hydrogen) atoms. The molecular formula is C17H21N2O2+. The summed E-state index contributed by atoms with van der Waals surface area (Å²) in [5, 5.41) is 9.51. The fourth-order valence-electron chi connectivity index (χ4n) is 2.29. The van der Waals surface area contributed by atoms with Crippen LogP contribution in [0.15, 0.2) is 48.8 Å². The Bertz CT molecular complexity index is 640. The van der Waals surface area contributed by atoms with Crippen molar-refractivity contribution in [3.05, 3.63) is 59.9 Å². The molecule has 110 valence electrons. The van der Waals surface area contributed by atoms with Gasteiger partial charge in [-0.3, -0.25) is 4.79 Å². The zero-order valence-electron chi connectivity index (χ0n) is 12.7. The number of carbonyl (C=O) groups is 1. The van der Waals surface area contributed by atoms with Crippen molar-refractivity contribution in [2.45, 2.75) is 26.4 Å². The number of aryl methyl sites for hydroxylation is 1. The van der Waals surface area contributed by atoms with Crippen molar-refractivity contribution in [3.63, 3.8) is 0 Å². The van der Waals surface area contributed by atoms with Gasteiger partial charge >= 0.3 is 0 Å². The van der Waals surface area contributed by atoms with Crippen LogP contribution < -0.4 is 4.57 Å². The summed E-state index contributed by atoms with van der Waals surface area (Å²) >= 11 is 0. The summed E-state index contributed by atoms with van der Waals surface area (Å²) in [4.78, 5) is 14.2. The Kier molecular flexibility index (Phi) is 4.58. The lowest BCUT2D eigenvalue weighted by Crippen LogP contribution is -2.46. The van der Waals surface area contributed by atoms with E-state index in [2.05, 4.69) is 0 Å². The van der Waals surface area contributed by atoms with Gasteiger partial charge in [-0.2, -0.15) is 4.57 Å². The van der Waals surface area contributed by atoms with Crippen molar-refractivity contribution in [3.8, 4) is 5.75 Å². The van der Waals surface area contributed by atoms with E-state index < -0.39 is 0 Å². The molecule has 0 saturated carbocycles. The Morgan fingerprint density at radius 2 is 2.00 bits per heavy atom. The number of benzene rings is 1. The number of pyridine rings is 1. The molecule has 0 radical (unpaired) electrons. The summed E-state index contributed by atoms with van der Waals surface area (Å²) in [5.74, 6) is 0.160. The molecule has 0 unspecified atom stereocenters. The van der Waals surface area contributed by atoms with Gasteiger partial charge in [0.1, 0.15) is 0 Å². The average molecular weight is 285 g/mol. The van der Waals surface area contributed by atoms with E-state index in [0.29, 0.717) is 6.54 Å². The van der Waals surface area contributed by atoms with Crippen molar-refractivity contribution in [1.82, 2.24) is 4.90 Å². The van der Waals surface area contributed by atoms with Gasteiger partial charge in [0.15, 0.2) is 11.9 Å². The molecule has 0 aliphatic carbocycles. The van der Waals surface area contributed by atoms with Gasteiger partial charge < -0.3 is 10.0 Å². The molecule has 4 nitrogen and oxygen atoms in total. The number of amides is 1. The molecule has 1 aromatic heterocycles. The molecule has 2 aromatic rings. The van der Waals surface area contributed by atoms with Crippen LogP contribution in [-0.2, 0) is 11.3 Å². The van der Waals surface area contributed by atoms with Crippen molar-refractivity contribution in [1.29, 1.82) is 0 Å². The van der Waals surface area contributed by atoms with Crippen LogP contribution in [0, 0.1) is 6.92 Å². The van der Waals surface area contributed by atoms with Crippen molar-refractivity contribution in [2.75, 3.05) is 7.05 Å². The second-order valence-corrected chi connectivity index (χ2v) is 5.31. The molecule has 1 N–H and O–H groups in total. The number of nitrogens with zero attached hydrogens (tertiary/aromatic N) is 2. The number of aromatic nitrogens is 1. The van der Waals surface area contributed by atoms with Crippen molar-refractivity contribution in [2.24, 2.45) is 0 Å². The molecule has 0 fully saturated rings. The van der Waals surface area contributed by atoms with Gasteiger partial charge in [-0.25, -0.2) is 0 Å². The third-order valence-electron chi connectivity index (χ3n) is 3.66. The maximum absolute atomic E-state index is 12.5. The largest absolute Gasteiger partial charge is 0.503 e. The zero-order valence-corrected chi connectivity index (χ0v) is 12.7. The van der Waals surface area contributed by atoms with Gasteiger partial charge in [-0.15, -0.1) is 0 Å². The highest BCUT2D eigenvalue weighted by Crippen LogP contribution is 2.12. The molecule has 1 atom stereocenters. The summed E-state index contributed by atoms with van der Waals surface area (Å²) in [6.07, 6.45) is 3.34. The molecule has 0 aliphatic heterocycles. The Labute approximate surface area is 125 Å². The van der Waals surface area contributed by atoms with E-state index >= 15 is 0 Å². The molecule has 0 aliphatic rings. The third-order valence-corrected chi connectivity index (χ3v) is 3.66. The summed E-state index contributed by atoms with van der Waals surface area (Å²) < 4.78 is 1.71. The van der Waals surface area contributed by atoms with Gasteiger partial charge in [-0.05, 0) is 24.1 Å². The lowest BCUT2D eigenvalue weighted by atomic mass is 10.1. The smallest absolute Gasteiger partial charge is 0.291 e. The number of hydrogen-bond acceptors (Lipinski definition) is 2. The van der Waals surface area contributed by atoms with Gasteiger partial charge in [0, 0.05) is 26.6 Å². The molecule has 1 heterocycles. The monoisotopic (exact) mass is 285 g/mol. The fraction of sp³-hybridized carbons (Fsp3) is 0.294. The number of carbonyl (C=O) groups excluding carboxylic acids is 1. The Morgan fingerprint density at radius 3 is 2.67 bits per heavy atom. The minimum atomic E-state index is -0.355. The number of rotatable bonds is 4. The van der Waals surface area contributed by atoms with Gasteiger partial charge in [0.2, 0.25) is 12.2 Å². The second-order valence-electron chi connectivity index (χ2n) is 5.31. The molecule has 1 amide bonds. The maximum Gasteiger partial charge on any atom is 0.291 e. The van der Waals surface area contributed by atoms with Crippen LogP contribution in [0.2, 0.25) is 0 Å². The van der Waals surface area contributed by atoms with E-state index in [1.165, 1.54) is 5.56 Å². The van der Waals surface area contributed by atoms with Crippen LogP contribution in [0.4, 0.5) is 0 Å². The predicted octanol–water partition coefficient (Wildman–Crippen LogP) is 2.21. The molecule has 0 spiro atoms. The maximum atomic E-state index is 12.5. The van der Waals surface area contributed by atoms with E-state index in [4.69, 9.17) is 0 Å². The lowest BCUT2D eigenvalue weighted by molar-refractivity contribution is -0.707. The third kappa shape index (κ3) is 3.60. The van der Waals surface area contributed by atoms with Crippen molar-refractivity contribution < 1.29 is 14.5 Å². The van der Waals surface area contributed by atoms with E-state index in [1.807, 2.05) is 38.1 Å². The van der Waals surface area contributed by atoms with E-state index in [-0.39, 0.29) is 17.7 Å². The zero-order chi connectivity index (χ0) is 15.4. The lowest BCUT2D eigenvalue weighted by Gasteiger charge is -2.20. The summed E-state index contributed by atoms with van der Waals surface area (Å²) in [6, 6.07) is 11.0. The fourth-order valence-corrected chi connectivity index (χ4v) is 2.29. The average Bonchev–Trinajstić information content (AvgIpc) is 2.48.